The van der Waals surface area contributed by atoms with Gasteiger partial charge in [-0.25, -0.2) is 4.79 Å². The Labute approximate surface area is 146 Å². The highest BCUT2D eigenvalue weighted by Crippen LogP contribution is 2.22. The lowest BCUT2D eigenvalue weighted by molar-refractivity contribution is -0.143. The molecule has 2 aromatic carbocycles. The molecule has 0 aliphatic heterocycles. The van der Waals surface area contributed by atoms with Crippen molar-refractivity contribution in [1.82, 2.24) is 5.32 Å². The fourth-order valence-electron chi connectivity index (χ4n) is 2.29. The molecule has 132 valence electrons. The number of benzene rings is 2. The van der Waals surface area contributed by atoms with E-state index in [0.717, 1.165) is 5.56 Å². The SMILES string of the molecule is CCOC(=O)CC(NC(=O)OCc1ccccc1)c1cccc(O)c1. The Morgan fingerprint density at radius 3 is 2.52 bits per heavy atom. The summed E-state index contributed by atoms with van der Waals surface area (Å²) in [6.45, 7) is 2.09. The molecule has 6 nitrogen and oxygen atoms in total. The molecule has 0 fully saturated rings. The van der Waals surface area contributed by atoms with Crippen molar-refractivity contribution in [2.75, 3.05) is 6.61 Å². The highest BCUT2D eigenvalue weighted by molar-refractivity contribution is 5.73. The van der Waals surface area contributed by atoms with Gasteiger partial charge in [0.05, 0.1) is 19.1 Å². The highest BCUT2D eigenvalue weighted by atomic mass is 16.5. The van der Waals surface area contributed by atoms with Crippen molar-refractivity contribution in [1.29, 1.82) is 0 Å². The second-order valence-electron chi connectivity index (χ2n) is 5.36. The lowest BCUT2D eigenvalue weighted by Gasteiger charge is -2.18. The van der Waals surface area contributed by atoms with Crippen molar-refractivity contribution >= 4 is 12.1 Å². The van der Waals surface area contributed by atoms with Crippen molar-refractivity contribution < 1.29 is 24.2 Å². The van der Waals surface area contributed by atoms with E-state index >= 15 is 0 Å². The van der Waals surface area contributed by atoms with E-state index in [2.05, 4.69) is 5.32 Å². The van der Waals surface area contributed by atoms with E-state index in [0.29, 0.717) is 5.56 Å². The van der Waals surface area contributed by atoms with Crippen molar-refractivity contribution in [3.05, 3.63) is 65.7 Å². The summed E-state index contributed by atoms with van der Waals surface area (Å²) >= 11 is 0. The Morgan fingerprint density at radius 1 is 1.08 bits per heavy atom. The number of amides is 1. The number of nitrogens with one attached hydrogen (secondary N) is 1. The van der Waals surface area contributed by atoms with Gasteiger partial charge in [-0.05, 0) is 30.2 Å². The van der Waals surface area contributed by atoms with Crippen molar-refractivity contribution in [2.24, 2.45) is 0 Å². The van der Waals surface area contributed by atoms with E-state index in [1.165, 1.54) is 12.1 Å². The Hall–Kier alpha value is -3.02. The third-order valence-corrected chi connectivity index (χ3v) is 3.45. The van der Waals surface area contributed by atoms with Gasteiger partial charge in [-0.2, -0.15) is 0 Å². The molecular weight excluding hydrogens is 322 g/mol. The van der Waals surface area contributed by atoms with Crippen LogP contribution in [0.25, 0.3) is 0 Å². The Bertz CT molecular complexity index is 702. The van der Waals surface area contributed by atoms with Gasteiger partial charge in [0.25, 0.3) is 0 Å². The van der Waals surface area contributed by atoms with Gasteiger partial charge < -0.3 is 19.9 Å². The van der Waals surface area contributed by atoms with E-state index in [-0.39, 0.29) is 25.4 Å². The van der Waals surface area contributed by atoms with Crippen molar-refractivity contribution in [2.45, 2.75) is 26.0 Å². The largest absolute Gasteiger partial charge is 0.508 e. The van der Waals surface area contributed by atoms with Gasteiger partial charge in [0, 0.05) is 0 Å². The molecular formula is C19H21NO5. The van der Waals surface area contributed by atoms with Gasteiger partial charge in [0.2, 0.25) is 0 Å². The number of carbonyl (C=O) groups excluding carboxylic acids is 2. The number of alkyl carbamates (subject to hydrolysis) is 1. The van der Waals surface area contributed by atoms with E-state index in [1.807, 2.05) is 30.3 Å². The smallest absolute Gasteiger partial charge is 0.407 e. The minimum Gasteiger partial charge on any atom is -0.508 e. The summed E-state index contributed by atoms with van der Waals surface area (Å²) in [5.41, 5.74) is 1.45. The summed E-state index contributed by atoms with van der Waals surface area (Å²) in [4.78, 5) is 23.9. The zero-order chi connectivity index (χ0) is 18.1. The molecule has 0 radical (unpaired) electrons. The summed E-state index contributed by atoms with van der Waals surface area (Å²) in [5.74, 6) is -0.398. The van der Waals surface area contributed by atoms with Gasteiger partial charge in [-0.15, -0.1) is 0 Å². The first-order valence-electron chi connectivity index (χ1n) is 8.00. The molecule has 0 saturated heterocycles. The summed E-state index contributed by atoms with van der Waals surface area (Å²) in [6, 6.07) is 15.0. The van der Waals surface area contributed by atoms with Gasteiger partial charge in [-0.1, -0.05) is 42.5 Å². The van der Waals surface area contributed by atoms with Crippen LogP contribution >= 0.6 is 0 Å². The van der Waals surface area contributed by atoms with Crippen LogP contribution in [0.4, 0.5) is 4.79 Å². The number of esters is 1. The Morgan fingerprint density at radius 2 is 1.84 bits per heavy atom. The molecule has 1 amide bonds. The second-order valence-corrected chi connectivity index (χ2v) is 5.36. The minimum absolute atomic E-state index is 0.0470. The molecule has 0 aliphatic carbocycles. The molecule has 2 aromatic rings. The van der Waals surface area contributed by atoms with Gasteiger partial charge in [0.15, 0.2) is 0 Å². The van der Waals surface area contributed by atoms with Crippen LogP contribution in [0.3, 0.4) is 0 Å². The maximum absolute atomic E-state index is 12.1. The molecule has 0 spiro atoms. The van der Waals surface area contributed by atoms with Crippen LogP contribution in [-0.2, 0) is 20.9 Å². The van der Waals surface area contributed by atoms with E-state index in [4.69, 9.17) is 9.47 Å². The lowest BCUT2D eigenvalue weighted by atomic mass is 10.0. The number of hydrogen-bond donors (Lipinski definition) is 2. The second kappa shape index (κ2) is 9.32. The molecule has 1 atom stereocenters. The topological polar surface area (TPSA) is 84.9 Å². The normalized spacial score (nSPS) is 11.4. The van der Waals surface area contributed by atoms with Gasteiger partial charge in [0.1, 0.15) is 12.4 Å². The monoisotopic (exact) mass is 343 g/mol. The minimum atomic E-state index is -0.658. The first-order chi connectivity index (χ1) is 12.1. The molecule has 0 saturated carbocycles. The van der Waals surface area contributed by atoms with Crippen LogP contribution in [0, 0.1) is 0 Å². The molecule has 0 aliphatic rings. The number of carbonyl (C=O) groups is 2. The number of phenols is 1. The molecule has 0 heterocycles. The first kappa shape index (κ1) is 18.3. The maximum Gasteiger partial charge on any atom is 0.407 e. The van der Waals surface area contributed by atoms with Gasteiger partial charge in [-0.3, -0.25) is 4.79 Å². The van der Waals surface area contributed by atoms with Crippen LogP contribution in [-0.4, -0.2) is 23.8 Å². The summed E-state index contributed by atoms with van der Waals surface area (Å²) < 4.78 is 10.1. The number of hydrogen-bond acceptors (Lipinski definition) is 5. The van der Waals surface area contributed by atoms with Crippen molar-refractivity contribution in [3.8, 4) is 5.75 Å². The van der Waals surface area contributed by atoms with Gasteiger partial charge >= 0.3 is 12.1 Å². The molecule has 25 heavy (non-hydrogen) atoms. The van der Waals surface area contributed by atoms with E-state index in [1.54, 1.807) is 19.1 Å². The maximum atomic E-state index is 12.1. The summed E-state index contributed by atoms with van der Waals surface area (Å²) in [7, 11) is 0. The zero-order valence-electron chi connectivity index (χ0n) is 14.0. The summed E-state index contributed by atoms with van der Waals surface area (Å²) in [5, 5.41) is 12.3. The van der Waals surface area contributed by atoms with E-state index in [9.17, 15) is 14.7 Å². The lowest BCUT2D eigenvalue weighted by Crippen LogP contribution is -2.31. The molecule has 2 rings (SSSR count). The molecule has 0 bridgehead atoms. The number of ether oxygens (including phenoxy) is 2. The van der Waals surface area contributed by atoms with Crippen LogP contribution in [0.2, 0.25) is 0 Å². The third-order valence-electron chi connectivity index (χ3n) is 3.45. The quantitative estimate of drug-likeness (QED) is 0.754. The standard InChI is InChI=1S/C19H21NO5/c1-2-24-18(22)12-17(15-9-6-10-16(21)11-15)20-19(23)25-13-14-7-4-3-5-8-14/h3-11,17,21H,2,12-13H2,1H3,(H,20,23). The van der Waals surface area contributed by atoms with Crippen molar-refractivity contribution in [3.63, 3.8) is 0 Å². The van der Waals surface area contributed by atoms with Crippen LogP contribution in [0.15, 0.2) is 54.6 Å². The fourth-order valence-corrected chi connectivity index (χ4v) is 2.29. The predicted molar refractivity (Wildman–Crippen MR) is 91.9 cm³/mol. The Balaban J connectivity index is 2.01. The highest BCUT2D eigenvalue weighted by Gasteiger charge is 2.20. The van der Waals surface area contributed by atoms with Crippen LogP contribution < -0.4 is 5.32 Å². The first-order valence-corrected chi connectivity index (χ1v) is 8.00. The van der Waals surface area contributed by atoms with E-state index < -0.39 is 18.1 Å². The predicted octanol–water partition coefficient (Wildman–Crippen LogP) is 3.31. The Kier molecular flexibility index (Phi) is 6.83. The average molecular weight is 343 g/mol. The van der Waals surface area contributed by atoms with Crippen LogP contribution in [0.1, 0.15) is 30.5 Å². The number of rotatable bonds is 7. The zero-order valence-corrected chi connectivity index (χ0v) is 14.0. The third kappa shape index (κ3) is 6.18. The number of aromatic hydroxyl groups is 1. The number of phenolic OH excluding ortho intramolecular Hbond substituents is 1. The summed E-state index contributed by atoms with van der Waals surface area (Å²) in [6.07, 6.45) is -0.709. The average Bonchev–Trinajstić information content (AvgIpc) is 2.60. The molecule has 2 N–H and O–H groups in total. The molecule has 1 unspecified atom stereocenters. The van der Waals surface area contributed by atoms with Crippen LogP contribution in [0.5, 0.6) is 5.75 Å². The molecule has 6 heteroatoms. The fraction of sp³-hybridized carbons (Fsp3) is 0.263. The molecule has 0 aromatic heterocycles.